The van der Waals surface area contributed by atoms with Crippen molar-refractivity contribution in [2.75, 3.05) is 19.0 Å². The first kappa shape index (κ1) is 13.3. The number of hydrogen-bond donors (Lipinski definition) is 2. The van der Waals surface area contributed by atoms with E-state index in [1.807, 2.05) is 18.2 Å². The number of hydrogen-bond acceptors (Lipinski definition) is 5. The predicted octanol–water partition coefficient (Wildman–Crippen LogP) is 1.47. The van der Waals surface area contributed by atoms with Crippen LogP contribution in [0.15, 0.2) is 42.7 Å². The quantitative estimate of drug-likeness (QED) is 0.820. The lowest BCUT2D eigenvalue weighted by Crippen LogP contribution is -2.31. The van der Waals surface area contributed by atoms with Crippen LogP contribution < -0.4 is 15.8 Å². The highest BCUT2D eigenvalue weighted by Gasteiger charge is 2.09. The van der Waals surface area contributed by atoms with Crippen molar-refractivity contribution in [2.24, 2.45) is 5.73 Å². The Hall–Kier alpha value is -2.14. The average molecular weight is 258 g/mol. The molecule has 5 nitrogen and oxygen atoms in total. The summed E-state index contributed by atoms with van der Waals surface area (Å²) in [5.41, 5.74) is 7.04. The van der Waals surface area contributed by atoms with E-state index in [9.17, 15) is 0 Å². The zero-order valence-corrected chi connectivity index (χ0v) is 10.9. The molecular weight excluding hydrogens is 240 g/mol. The molecule has 0 aliphatic carbocycles. The molecule has 1 aromatic carbocycles. The SMILES string of the molecule is COc1cc(NC(CN)Cc2ccccc2)ncn1. The molecule has 0 spiro atoms. The van der Waals surface area contributed by atoms with Gasteiger partial charge in [0.1, 0.15) is 12.1 Å². The Morgan fingerprint density at radius 2 is 2.05 bits per heavy atom. The Morgan fingerprint density at radius 3 is 2.74 bits per heavy atom. The van der Waals surface area contributed by atoms with E-state index >= 15 is 0 Å². The van der Waals surface area contributed by atoms with E-state index in [1.165, 1.54) is 11.9 Å². The molecule has 0 radical (unpaired) electrons. The van der Waals surface area contributed by atoms with Crippen LogP contribution in [0.25, 0.3) is 0 Å². The number of aromatic nitrogens is 2. The molecule has 2 aromatic rings. The highest BCUT2D eigenvalue weighted by Crippen LogP contribution is 2.12. The van der Waals surface area contributed by atoms with Crippen LogP contribution >= 0.6 is 0 Å². The number of nitrogens with two attached hydrogens (primary N) is 1. The Labute approximate surface area is 112 Å². The first-order valence-electron chi connectivity index (χ1n) is 6.18. The monoisotopic (exact) mass is 258 g/mol. The summed E-state index contributed by atoms with van der Waals surface area (Å²) in [6, 6.07) is 12.1. The second-order valence-corrected chi connectivity index (χ2v) is 4.21. The van der Waals surface area contributed by atoms with Gasteiger partial charge in [0.05, 0.1) is 7.11 Å². The largest absolute Gasteiger partial charge is 0.481 e. The van der Waals surface area contributed by atoms with Crippen molar-refractivity contribution >= 4 is 5.82 Å². The van der Waals surface area contributed by atoms with Crippen LogP contribution in [0, 0.1) is 0 Å². The molecule has 1 atom stereocenters. The highest BCUT2D eigenvalue weighted by molar-refractivity contribution is 5.38. The molecule has 100 valence electrons. The standard InChI is InChI=1S/C14H18N4O/c1-19-14-8-13(16-10-17-14)18-12(9-15)7-11-5-3-2-4-6-11/h2-6,8,10,12H,7,9,15H2,1H3,(H,16,17,18). The lowest BCUT2D eigenvalue weighted by Gasteiger charge is -2.17. The summed E-state index contributed by atoms with van der Waals surface area (Å²) >= 11 is 0. The summed E-state index contributed by atoms with van der Waals surface area (Å²) in [4.78, 5) is 8.13. The molecule has 0 amide bonds. The maximum Gasteiger partial charge on any atom is 0.218 e. The molecule has 5 heteroatoms. The van der Waals surface area contributed by atoms with Gasteiger partial charge in [0.25, 0.3) is 0 Å². The van der Waals surface area contributed by atoms with Crippen molar-refractivity contribution in [2.45, 2.75) is 12.5 Å². The van der Waals surface area contributed by atoms with Crippen molar-refractivity contribution in [3.63, 3.8) is 0 Å². The van der Waals surface area contributed by atoms with Crippen molar-refractivity contribution in [3.05, 3.63) is 48.3 Å². The molecule has 19 heavy (non-hydrogen) atoms. The van der Waals surface area contributed by atoms with Crippen LogP contribution in [0.5, 0.6) is 5.88 Å². The minimum absolute atomic E-state index is 0.127. The van der Waals surface area contributed by atoms with Gasteiger partial charge < -0.3 is 15.8 Å². The van der Waals surface area contributed by atoms with Gasteiger partial charge in [0.2, 0.25) is 5.88 Å². The number of ether oxygens (including phenoxy) is 1. The molecule has 1 aromatic heterocycles. The van der Waals surface area contributed by atoms with Crippen molar-refractivity contribution < 1.29 is 4.74 Å². The van der Waals surface area contributed by atoms with E-state index in [4.69, 9.17) is 10.5 Å². The van der Waals surface area contributed by atoms with Gasteiger partial charge in [-0.1, -0.05) is 30.3 Å². The fourth-order valence-corrected chi connectivity index (χ4v) is 1.83. The van der Waals surface area contributed by atoms with E-state index in [2.05, 4.69) is 27.4 Å². The Morgan fingerprint density at radius 1 is 1.26 bits per heavy atom. The predicted molar refractivity (Wildman–Crippen MR) is 75.2 cm³/mol. The summed E-state index contributed by atoms with van der Waals surface area (Å²) in [5, 5.41) is 3.30. The third-order valence-corrected chi connectivity index (χ3v) is 2.81. The number of rotatable bonds is 6. The minimum Gasteiger partial charge on any atom is -0.481 e. The van der Waals surface area contributed by atoms with Gasteiger partial charge in [-0.2, -0.15) is 0 Å². The van der Waals surface area contributed by atoms with E-state index in [-0.39, 0.29) is 6.04 Å². The molecule has 0 fully saturated rings. The lowest BCUT2D eigenvalue weighted by molar-refractivity contribution is 0.397. The van der Waals surface area contributed by atoms with Gasteiger partial charge in [0, 0.05) is 18.7 Å². The normalized spacial score (nSPS) is 11.9. The summed E-state index contributed by atoms with van der Waals surface area (Å²) < 4.78 is 5.07. The number of nitrogens with one attached hydrogen (secondary N) is 1. The third-order valence-electron chi connectivity index (χ3n) is 2.81. The van der Waals surface area contributed by atoms with Gasteiger partial charge in [-0.15, -0.1) is 0 Å². The van der Waals surface area contributed by atoms with Crippen LogP contribution in [0.4, 0.5) is 5.82 Å². The van der Waals surface area contributed by atoms with Crippen molar-refractivity contribution in [3.8, 4) is 5.88 Å². The van der Waals surface area contributed by atoms with Crippen LogP contribution in [0.1, 0.15) is 5.56 Å². The van der Waals surface area contributed by atoms with Gasteiger partial charge in [-0.25, -0.2) is 9.97 Å². The second-order valence-electron chi connectivity index (χ2n) is 4.21. The first-order chi connectivity index (χ1) is 9.31. The molecule has 3 N–H and O–H groups in total. The minimum atomic E-state index is 0.127. The number of anilines is 1. The number of benzene rings is 1. The van der Waals surface area contributed by atoms with E-state index in [0.717, 1.165) is 12.2 Å². The van der Waals surface area contributed by atoms with Crippen LogP contribution in [0.3, 0.4) is 0 Å². The molecule has 0 aliphatic heterocycles. The van der Waals surface area contributed by atoms with Crippen LogP contribution in [-0.2, 0) is 6.42 Å². The molecule has 1 heterocycles. The Kier molecular flexibility index (Phi) is 4.69. The highest BCUT2D eigenvalue weighted by atomic mass is 16.5. The Balaban J connectivity index is 2.02. The van der Waals surface area contributed by atoms with Gasteiger partial charge in [-0.05, 0) is 12.0 Å². The van der Waals surface area contributed by atoms with E-state index in [0.29, 0.717) is 12.4 Å². The second kappa shape index (κ2) is 6.70. The first-order valence-corrected chi connectivity index (χ1v) is 6.18. The fraction of sp³-hybridized carbons (Fsp3) is 0.286. The molecule has 0 saturated carbocycles. The molecule has 0 saturated heterocycles. The third kappa shape index (κ3) is 3.93. The van der Waals surface area contributed by atoms with Gasteiger partial charge in [-0.3, -0.25) is 0 Å². The number of methoxy groups -OCH3 is 1. The average Bonchev–Trinajstić information content (AvgIpc) is 2.48. The molecule has 2 rings (SSSR count). The molecule has 1 unspecified atom stereocenters. The van der Waals surface area contributed by atoms with Gasteiger partial charge >= 0.3 is 0 Å². The van der Waals surface area contributed by atoms with Crippen molar-refractivity contribution in [1.82, 2.24) is 9.97 Å². The summed E-state index contributed by atoms with van der Waals surface area (Å²) in [6.07, 6.45) is 2.32. The Bertz CT molecular complexity index is 504. The lowest BCUT2D eigenvalue weighted by atomic mass is 10.1. The molecular formula is C14H18N4O. The zero-order valence-electron chi connectivity index (χ0n) is 10.9. The maximum absolute atomic E-state index is 5.80. The molecule has 0 aliphatic rings. The molecule has 0 bridgehead atoms. The smallest absolute Gasteiger partial charge is 0.218 e. The zero-order chi connectivity index (χ0) is 13.5. The topological polar surface area (TPSA) is 73.1 Å². The summed E-state index contributed by atoms with van der Waals surface area (Å²) in [7, 11) is 1.58. The van der Waals surface area contributed by atoms with Gasteiger partial charge in [0.15, 0.2) is 0 Å². The summed E-state index contributed by atoms with van der Waals surface area (Å²) in [6.45, 7) is 0.529. The number of nitrogens with zero attached hydrogens (tertiary/aromatic N) is 2. The summed E-state index contributed by atoms with van der Waals surface area (Å²) in [5.74, 6) is 1.26. The maximum atomic E-state index is 5.80. The fourth-order valence-electron chi connectivity index (χ4n) is 1.83. The van der Waals surface area contributed by atoms with E-state index in [1.54, 1.807) is 13.2 Å². The van der Waals surface area contributed by atoms with E-state index < -0.39 is 0 Å². The van der Waals surface area contributed by atoms with Crippen molar-refractivity contribution in [1.29, 1.82) is 0 Å². The van der Waals surface area contributed by atoms with Crippen LogP contribution in [-0.4, -0.2) is 29.7 Å². The van der Waals surface area contributed by atoms with Crippen LogP contribution in [0.2, 0.25) is 0 Å².